The van der Waals surface area contributed by atoms with Gasteiger partial charge in [-0.3, -0.25) is 0 Å². The maximum absolute atomic E-state index is 3.88. The minimum atomic E-state index is 1.16. The van der Waals surface area contributed by atoms with Gasteiger partial charge in [0.15, 0.2) is 0 Å². The fraction of sp³-hybridized carbons (Fsp3) is 0.250. The molecule has 0 aliphatic carbocycles. The second-order valence-electron chi connectivity index (χ2n) is 3.48. The third kappa shape index (κ3) is 2.55. The Bertz CT molecular complexity index is 344. The van der Waals surface area contributed by atoms with Crippen LogP contribution >= 0.6 is 0 Å². The van der Waals surface area contributed by atoms with Crippen LogP contribution in [0.3, 0.4) is 0 Å². The van der Waals surface area contributed by atoms with Gasteiger partial charge in [0, 0.05) is 11.6 Å². The van der Waals surface area contributed by atoms with Crippen LogP contribution in [0.5, 0.6) is 0 Å². The lowest BCUT2D eigenvalue weighted by atomic mass is 10.1. The van der Waals surface area contributed by atoms with Crippen molar-refractivity contribution in [1.82, 2.24) is 0 Å². The fourth-order valence-electron chi connectivity index (χ4n) is 1.27. The molecule has 0 aliphatic rings. The molecule has 0 aromatic heterocycles. The molecule has 1 nitrogen and oxygen atoms in total. The Hall–Kier alpha value is -1.37. The number of rotatable bonds is 2. The zero-order valence-electron chi connectivity index (χ0n) is 8.54. The first kappa shape index (κ1) is 9.72. The molecule has 1 rings (SSSR count). The first-order valence-corrected chi connectivity index (χ1v) is 4.39. The number of hydrogen-bond acceptors (Lipinski definition) is 0. The molecule has 0 aliphatic heterocycles. The molecule has 0 amide bonds. The molecule has 13 heavy (non-hydrogen) atoms. The van der Waals surface area contributed by atoms with Gasteiger partial charge in [0.2, 0.25) is 5.69 Å². The predicted molar refractivity (Wildman–Crippen MR) is 58.7 cm³/mol. The van der Waals surface area contributed by atoms with E-state index in [-0.39, 0.29) is 0 Å². The van der Waals surface area contributed by atoms with E-state index in [0.29, 0.717) is 0 Å². The lowest BCUT2D eigenvalue weighted by Crippen LogP contribution is -1.94. The van der Waals surface area contributed by atoms with Gasteiger partial charge in [0.25, 0.3) is 0 Å². The fourth-order valence-corrected chi connectivity index (χ4v) is 1.27. The van der Waals surface area contributed by atoms with E-state index >= 15 is 0 Å². The Kier molecular flexibility index (Phi) is 3.02. The van der Waals surface area contributed by atoms with E-state index in [1.165, 1.54) is 11.1 Å². The predicted octanol–water partition coefficient (Wildman–Crippen LogP) is 3.08. The van der Waals surface area contributed by atoms with Crippen molar-refractivity contribution < 1.29 is 4.58 Å². The molecule has 68 valence electrons. The third-order valence-corrected chi connectivity index (χ3v) is 1.79. The molecule has 0 spiro atoms. The summed E-state index contributed by atoms with van der Waals surface area (Å²) in [6, 6.07) is 8.24. The van der Waals surface area contributed by atoms with Crippen molar-refractivity contribution in [1.29, 1.82) is 0 Å². The van der Waals surface area contributed by atoms with Gasteiger partial charge in [0.05, 0.1) is 0 Å². The SMILES string of the molecule is C=[N+](C)c1ccccc1C=C(C)C. The topological polar surface area (TPSA) is 3.01 Å². The zero-order chi connectivity index (χ0) is 9.84. The highest BCUT2D eigenvalue weighted by atomic mass is 14.9. The number of allylic oxidation sites excluding steroid dienone is 1. The van der Waals surface area contributed by atoms with E-state index in [0.717, 1.165) is 5.69 Å². The normalized spacial score (nSPS) is 9.46. The van der Waals surface area contributed by atoms with E-state index in [4.69, 9.17) is 0 Å². The number of benzene rings is 1. The van der Waals surface area contributed by atoms with Crippen molar-refractivity contribution in [2.24, 2.45) is 0 Å². The maximum atomic E-state index is 3.88. The molecule has 0 saturated heterocycles. The van der Waals surface area contributed by atoms with Crippen LogP contribution in [0.1, 0.15) is 19.4 Å². The van der Waals surface area contributed by atoms with Gasteiger partial charge in [-0.15, -0.1) is 0 Å². The summed E-state index contributed by atoms with van der Waals surface area (Å²) in [5.41, 5.74) is 3.68. The summed E-state index contributed by atoms with van der Waals surface area (Å²) in [6.45, 7) is 8.07. The van der Waals surface area contributed by atoms with Crippen molar-refractivity contribution in [3.63, 3.8) is 0 Å². The lowest BCUT2D eigenvalue weighted by molar-refractivity contribution is -0.394. The highest BCUT2D eigenvalue weighted by molar-refractivity contribution is 5.62. The van der Waals surface area contributed by atoms with Crippen molar-refractivity contribution in [2.45, 2.75) is 13.8 Å². The molecule has 0 unspecified atom stereocenters. The number of para-hydroxylation sites is 1. The summed E-state index contributed by atoms with van der Waals surface area (Å²) in [4.78, 5) is 0. The zero-order valence-corrected chi connectivity index (χ0v) is 8.54. The van der Waals surface area contributed by atoms with E-state index in [1.54, 1.807) is 0 Å². The molecule has 0 fully saturated rings. The minimum absolute atomic E-state index is 1.16. The maximum Gasteiger partial charge on any atom is 0.211 e. The van der Waals surface area contributed by atoms with Crippen LogP contribution in [0.4, 0.5) is 5.69 Å². The van der Waals surface area contributed by atoms with Crippen LogP contribution in [-0.2, 0) is 0 Å². The Labute approximate surface area is 80.0 Å². The van der Waals surface area contributed by atoms with E-state index in [2.05, 4.69) is 38.8 Å². The average molecular weight is 174 g/mol. The highest BCUT2D eigenvalue weighted by Gasteiger charge is 2.04. The van der Waals surface area contributed by atoms with Gasteiger partial charge in [-0.05, 0) is 26.0 Å². The Morgan fingerprint density at radius 2 is 1.92 bits per heavy atom. The van der Waals surface area contributed by atoms with Crippen LogP contribution in [-0.4, -0.2) is 18.3 Å². The second kappa shape index (κ2) is 4.04. The van der Waals surface area contributed by atoms with Crippen molar-refractivity contribution in [3.05, 3.63) is 35.4 Å². The summed E-state index contributed by atoms with van der Waals surface area (Å²) in [6.07, 6.45) is 2.16. The lowest BCUT2D eigenvalue weighted by Gasteiger charge is -1.99. The Morgan fingerprint density at radius 3 is 2.46 bits per heavy atom. The monoisotopic (exact) mass is 174 g/mol. The molecule has 1 heteroatoms. The van der Waals surface area contributed by atoms with Crippen LogP contribution in [0.15, 0.2) is 29.8 Å². The molecule has 0 heterocycles. The quantitative estimate of drug-likeness (QED) is 0.479. The van der Waals surface area contributed by atoms with Gasteiger partial charge >= 0.3 is 0 Å². The van der Waals surface area contributed by atoms with Crippen LogP contribution in [0, 0.1) is 0 Å². The molecule has 1 aromatic carbocycles. The first-order chi connectivity index (χ1) is 6.11. The van der Waals surface area contributed by atoms with Crippen molar-refractivity contribution >= 4 is 18.5 Å². The standard InChI is InChI=1S/C12H16N/c1-10(2)9-11-7-5-6-8-12(11)13(3)4/h5-9H,3H2,1-2,4H3/q+1. The number of nitrogens with zero attached hydrogens (tertiary/aromatic N) is 1. The third-order valence-electron chi connectivity index (χ3n) is 1.79. The van der Waals surface area contributed by atoms with Crippen LogP contribution < -0.4 is 0 Å². The number of hydrogen-bond donors (Lipinski definition) is 0. The highest BCUT2D eigenvalue weighted by Crippen LogP contribution is 2.19. The molecule has 0 atom stereocenters. The Balaban J connectivity index is 3.20. The summed E-state index contributed by atoms with van der Waals surface area (Å²) in [5.74, 6) is 0. The van der Waals surface area contributed by atoms with Crippen molar-refractivity contribution in [3.8, 4) is 0 Å². The smallest absolute Gasteiger partial charge is 0.208 e. The minimum Gasteiger partial charge on any atom is -0.208 e. The van der Waals surface area contributed by atoms with Gasteiger partial charge in [-0.1, -0.05) is 17.7 Å². The van der Waals surface area contributed by atoms with Gasteiger partial charge in [0.1, 0.15) is 13.8 Å². The summed E-state index contributed by atoms with van der Waals surface area (Å²) < 4.78 is 1.88. The second-order valence-corrected chi connectivity index (χ2v) is 3.48. The van der Waals surface area contributed by atoms with Crippen LogP contribution in [0.2, 0.25) is 0 Å². The average Bonchev–Trinajstić information content (AvgIpc) is 2.03. The summed E-state index contributed by atoms with van der Waals surface area (Å²) >= 11 is 0. The molecule has 0 radical (unpaired) electrons. The van der Waals surface area contributed by atoms with Gasteiger partial charge in [-0.2, -0.15) is 0 Å². The van der Waals surface area contributed by atoms with E-state index in [9.17, 15) is 0 Å². The summed E-state index contributed by atoms with van der Waals surface area (Å²) in [7, 11) is 1.96. The molecular formula is C12H16N+. The van der Waals surface area contributed by atoms with Crippen LogP contribution in [0.25, 0.3) is 6.08 Å². The molecule has 1 aromatic rings. The van der Waals surface area contributed by atoms with Gasteiger partial charge < -0.3 is 0 Å². The summed E-state index contributed by atoms with van der Waals surface area (Å²) in [5, 5.41) is 0. The molecule has 0 saturated carbocycles. The molecular weight excluding hydrogens is 158 g/mol. The van der Waals surface area contributed by atoms with Gasteiger partial charge in [-0.25, -0.2) is 4.58 Å². The Morgan fingerprint density at radius 1 is 1.31 bits per heavy atom. The van der Waals surface area contributed by atoms with Crippen molar-refractivity contribution in [2.75, 3.05) is 7.05 Å². The van der Waals surface area contributed by atoms with E-state index in [1.807, 2.05) is 23.8 Å². The first-order valence-electron chi connectivity index (χ1n) is 4.39. The van der Waals surface area contributed by atoms with E-state index < -0.39 is 0 Å². The largest absolute Gasteiger partial charge is 0.211 e. The molecule has 0 N–H and O–H groups in total. The molecule has 0 bridgehead atoms.